The van der Waals surface area contributed by atoms with E-state index in [4.69, 9.17) is 5.73 Å². The maximum absolute atomic E-state index is 11.2. The molecule has 1 atom stereocenters. The van der Waals surface area contributed by atoms with Gasteiger partial charge < -0.3 is 11.1 Å². The molecule has 0 aliphatic heterocycles. The Morgan fingerprint density at radius 1 is 1.54 bits per heavy atom. The number of nitrogens with two attached hydrogens (primary N) is 1. The standard InChI is InChI=1S/C10H20N2O/c1-3-9(2)12-10(13)7-5-4-6-8-11/h3,9H,1,4-8,11H2,2H3,(H,12,13). The first-order chi connectivity index (χ1) is 6.20. The smallest absolute Gasteiger partial charge is 0.220 e. The zero-order valence-corrected chi connectivity index (χ0v) is 8.38. The molecule has 3 nitrogen and oxygen atoms in total. The number of carbonyl (C=O) groups excluding carboxylic acids is 1. The summed E-state index contributed by atoms with van der Waals surface area (Å²) in [4.78, 5) is 11.2. The highest BCUT2D eigenvalue weighted by Gasteiger charge is 2.02. The lowest BCUT2D eigenvalue weighted by molar-refractivity contribution is -0.121. The Bertz CT molecular complexity index is 157. The number of unbranched alkanes of at least 4 members (excludes halogenated alkanes) is 2. The van der Waals surface area contributed by atoms with E-state index in [0.717, 1.165) is 19.3 Å². The van der Waals surface area contributed by atoms with Gasteiger partial charge in [-0.3, -0.25) is 4.79 Å². The Hall–Kier alpha value is -0.830. The second-order valence-electron chi connectivity index (χ2n) is 3.19. The SMILES string of the molecule is C=CC(C)NC(=O)CCCCCN. The van der Waals surface area contributed by atoms with Crippen molar-refractivity contribution < 1.29 is 4.79 Å². The Morgan fingerprint density at radius 3 is 2.77 bits per heavy atom. The minimum Gasteiger partial charge on any atom is -0.350 e. The Balaban J connectivity index is 3.35. The van der Waals surface area contributed by atoms with Gasteiger partial charge >= 0.3 is 0 Å². The molecule has 0 saturated carbocycles. The van der Waals surface area contributed by atoms with E-state index >= 15 is 0 Å². The van der Waals surface area contributed by atoms with E-state index in [1.54, 1.807) is 6.08 Å². The molecular weight excluding hydrogens is 164 g/mol. The lowest BCUT2D eigenvalue weighted by Gasteiger charge is -2.08. The highest BCUT2D eigenvalue weighted by Crippen LogP contribution is 1.98. The van der Waals surface area contributed by atoms with Crippen molar-refractivity contribution in [3.05, 3.63) is 12.7 Å². The molecule has 0 aliphatic carbocycles. The van der Waals surface area contributed by atoms with Gasteiger partial charge in [0.15, 0.2) is 0 Å². The highest BCUT2D eigenvalue weighted by atomic mass is 16.1. The molecule has 0 heterocycles. The van der Waals surface area contributed by atoms with Gasteiger partial charge in [-0.1, -0.05) is 12.5 Å². The number of amides is 1. The van der Waals surface area contributed by atoms with Gasteiger partial charge in [0.2, 0.25) is 5.91 Å². The molecule has 76 valence electrons. The summed E-state index contributed by atoms with van der Waals surface area (Å²) in [6.45, 7) is 6.21. The summed E-state index contributed by atoms with van der Waals surface area (Å²) in [6.07, 6.45) is 5.28. The van der Waals surface area contributed by atoms with Crippen molar-refractivity contribution >= 4 is 5.91 Å². The molecule has 13 heavy (non-hydrogen) atoms. The van der Waals surface area contributed by atoms with Crippen LogP contribution >= 0.6 is 0 Å². The number of nitrogens with one attached hydrogen (secondary N) is 1. The monoisotopic (exact) mass is 184 g/mol. The quantitative estimate of drug-likeness (QED) is 0.461. The first-order valence-corrected chi connectivity index (χ1v) is 4.82. The van der Waals surface area contributed by atoms with E-state index in [9.17, 15) is 4.79 Å². The molecule has 0 saturated heterocycles. The summed E-state index contributed by atoms with van der Waals surface area (Å²) in [5.41, 5.74) is 5.33. The fourth-order valence-corrected chi connectivity index (χ4v) is 0.992. The van der Waals surface area contributed by atoms with Crippen LogP contribution in [0.25, 0.3) is 0 Å². The highest BCUT2D eigenvalue weighted by molar-refractivity contribution is 5.76. The van der Waals surface area contributed by atoms with Gasteiger partial charge in [-0.15, -0.1) is 6.58 Å². The molecule has 1 amide bonds. The van der Waals surface area contributed by atoms with Crippen LogP contribution in [-0.4, -0.2) is 18.5 Å². The predicted octanol–water partition coefficient (Wildman–Crippen LogP) is 1.20. The second-order valence-corrected chi connectivity index (χ2v) is 3.19. The number of carbonyl (C=O) groups is 1. The average Bonchev–Trinajstić information content (AvgIpc) is 2.12. The molecular formula is C10H20N2O. The van der Waals surface area contributed by atoms with Crippen molar-refractivity contribution in [2.45, 2.75) is 38.6 Å². The molecule has 0 spiro atoms. The van der Waals surface area contributed by atoms with Crippen LogP contribution < -0.4 is 11.1 Å². The fraction of sp³-hybridized carbons (Fsp3) is 0.700. The van der Waals surface area contributed by atoms with Gasteiger partial charge in [-0.05, 0) is 26.3 Å². The number of rotatable bonds is 7. The van der Waals surface area contributed by atoms with Crippen molar-refractivity contribution in [2.75, 3.05) is 6.54 Å². The van der Waals surface area contributed by atoms with Gasteiger partial charge in [0.1, 0.15) is 0 Å². The molecule has 0 aliphatic rings. The molecule has 1 unspecified atom stereocenters. The van der Waals surface area contributed by atoms with Gasteiger partial charge in [0.05, 0.1) is 0 Å². The van der Waals surface area contributed by atoms with E-state index in [1.807, 2.05) is 6.92 Å². The van der Waals surface area contributed by atoms with Crippen molar-refractivity contribution in [3.8, 4) is 0 Å². The first-order valence-electron chi connectivity index (χ1n) is 4.82. The van der Waals surface area contributed by atoms with Gasteiger partial charge in [-0.2, -0.15) is 0 Å². The maximum atomic E-state index is 11.2. The van der Waals surface area contributed by atoms with E-state index in [0.29, 0.717) is 13.0 Å². The molecule has 0 bridgehead atoms. The summed E-state index contributed by atoms with van der Waals surface area (Å²) < 4.78 is 0. The van der Waals surface area contributed by atoms with Crippen LogP contribution in [0.3, 0.4) is 0 Å². The first kappa shape index (κ1) is 12.2. The van der Waals surface area contributed by atoms with Crippen LogP contribution in [0.4, 0.5) is 0 Å². The summed E-state index contributed by atoms with van der Waals surface area (Å²) in [5.74, 6) is 0.101. The molecule has 0 aromatic heterocycles. The lowest BCUT2D eigenvalue weighted by Crippen LogP contribution is -2.30. The zero-order chi connectivity index (χ0) is 10.1. The van der Waals surface area contributed by atoms with Crippen LogP contribution in [0.1, 0.15) is 32.6 Å². The van der Waals surface area contributed by atoms with Gasteiger partial charge in [0, 0.05) is 12.5 Å². The average molecular weight is 184 g/mol. The third kappa shape index (κ3) is 7.53. The molecule has 0 rings (SSSR count). The molecule has 3 heteroatoms. The molecule has 0 radical (unpaired) electrons. The van der Waals surface area contributed by atoms with Crippen LogP contribution in [0.5, 0.6) is 0 Å². The minimum atomic E-state index is 0.0713. The summed E-state index contributed by atoms with van der Waals surface area (Å²) >= 11 is 0. The topological polar surface area (TPSA) is 55.1 Å². The third-order valence-electron chi connectivity index (χ3n) is 1.85. The zero-order valence-electron chi connectivity index (χ0n) is 8.38. The van der Waals surface area contributed by atoms with Crippen molar-refractivity contribution in [1.82, 2.24) is 5.32 Å². The lowest BCUT2D eigenvalue weighted by atomic mass is 10.2. The van der Waals surface area contributed by atoms with E-state index in [-0.39, 0.29) is 11.9 Å². The third-order valence-corrected chi connectivity index (χ3v) is 1.85. The fourth-order valence-electron chi connectivity index (χ4n) is 0.992. The Morgan fingerprint density at radius 2 is 2.23 bits per heavy atom. The van der Waals surface area contributed by atoms with Crippen molar-refractivity contribution in [2.24, 2.45) is 5.73 Å². The number of hydrogen-bond acceptors (Lipinski definition) is 2. The molecule has 0 aromatic rings. The molecule has 0 fully saturated rings. The maximum Gasteiger partial charge on any atom is 0.220 e. The van der Waals surface area contributed by atoms with E-state index < -0.39 is 0 Å². The van der Waals surface area contributed by atoms with E-state index in [1.165, 1.54) is 0 Å². The van der Waals surface area contributed by atoms with Gasteiger partial charge in [-0.25, -0.2) is 0 Å². The van der Waals surface area contributed by atoms with Gasteiger partial charge in [0.25, 0.3) is 0 Å². The van der Waals surface area contributed by atoms with Crippen LogP contribution in [-0.2, 0) is 4.79 Å². The Labute approximate surface area is 80.4 Å². The van der Waals surface area contributed by atoms with Crippen LogP contribution in [0.15, 0.2) is 12.7 Å². The normalized spacial score (nSPS) is 12.2. The van der Waals surface area contributed by atoms with Crippen molar-refractivity contribution in [3.63, 3.8) is 0 Å². The minimum absolute atomic E-state index is 0.0713. The predicted molar refractivity (Wildman–Crippen MR) is 55.3 cm³/mol. The molecule has 0 aromatic carbocycles. The largest absolute Gasteiger partial charge is 0.350 e. The van der Waals surface area contributed by atoms with E-state index in [2.05, 4.69) is 11.9 Å². The number of hydrogen-bond donors (Lipinski definition) is 2. The summed E-state index contributed by atoms with van der Waals surface area (Å²) in [6, 6.07) is 0.0713. The van der Waals surface area contributed by atoms with Crippen LogP contribution in [0, 0.1) is 0 Å². The molecule has 3 N–H and O–H groups in total. The van der Waals surface area contributed by atoms with Crippen LogP contribution in [0.2, 0.25) is 0 Å². The van der Waals surface area contributed by atoms with Crippen molar-refractivity contribution in [1.29, 1.82) is 0 Å². The summed E-state index contributed by atoms with van der Waals surface area (Å²) in [5, 5.41) is 2.82. The summed E-state index contributed by atoms with van der Waals surface area (Å²) in [7, 11) is 0. The Kier molecular flexibility index (Phi) is 7.30. The second kappa shape index (κ2) is 7.80.